The first-order valence-electron chi connectivity index (χ1n) is 9.47. The highest BCUT2D eigenvalue weighted by atomic mass is 19.1. The quantitative estimate of drug-likeness (QED) is 0.348. The van der Waals surface area contributed by atoms with E-state index >= 15 is 0 Å². The van der Waals surface area contributed by atoms with Crippen LogP contribution in [0.25, 0.3) is 11.1 Å². The topological polar surface area (TPSA) is 108 Å². The highest BCUT2D eigenvalue weighted by Crippen LogP contribution is 2.29. The molecule has 0 unspecified atom stereocenters. The van der Waals surface area contributed by atoms with E-state index in [1.54, 1.807) is 30.5 Å². The minimum atomic E-state index is -0.575. The van der Waals surface area contributed by atoms with Crippen molar-refractivity contribution in [1.82, 2.24) is 15.7 Å². The lowest BCUT2D eigenvalue weighted by molar-refractivity contribution is -0.119. The third kappa shape index (κ3) is 5.22. The van der Waals surface area contributed by atoms with Crippen molar-refractivity contribution in [3.63, 3.8) is 0 Å². The summed E-state index contributed by atoms with van der Waals surface area (Å²) >= 11 is 0. The molecule has 0 aliphatic carbocycles. The Morgan fingerprint density at radius 2 is 2.23 bits per heavy atom. The van der Waals surface area contributed by atoms with Crippen LogP contribution in [0.4, 0.5) is 20.7 Å². The molecule has 1 aromatic heterocycles. The molecule has 9 nitrogen and oxygen atoms in total. The summed E-state index contributed by atoms with van der Waals surface area (Å²) in [6.07, 6.45) is 1.97. The van der Waals surface area contributed by atoms with Crippen molar-refractivity contribution in [2.24, 2.45) is 5.10 Å². The molecule has 158 valence electrons. The van der Waals surface area contributed by atoms with E-state index in [1.807, 2.05) is 6.92 Å². The number of rotatable bonds is 8. The molecule has 1 saturated heterocycles. The number of carbonyl (C=O) groups excluding carboxylic acids is 2. The predicted molar refractivity (Wildman–Crippen MR) is 112 cm³/mol. The van der Waals surface area contributed by atoms with Crippen molar-refractivity contribution in [2.75, 3.05) is 29.9 Å². The molecule has 10 heteroatoms. The van der Waals surface area contributed by atoms with Gasteiger partial charge in [-0.2, -0.15) is 5.10 Å². The molecule has 0 bridgehead atoms. The van der Waals surface area contributed by atoms with Gasteiger partial charge in [0.2, 0.25) is 5.91 Å². The molecule has 0 saturated carbocycles. The molecule has 30 heavy (non-hydrogen) atoms. The van der Waals surface area contributed by atoms with Gasteiger partial charge in [0.25, 0.3) is 0 Å². The van der Waals surface area contributed by atoms with E-state index in [1.165, 1.54) is 24.2 Å². The molecule has 0 spiro atoms. The number of aromatic nitrogens is 1. The summed E-state index contributed by atoms with van der Waals surface area (Å²) < 4.78 is 20.0. The van der Waals surface area contributed by atoms with Gasteiger partial charge in [-0.3, -0.25) is 9.69 Å². The summed E-state index contributed by atoms with van der Waals surface area (Å²) in [5.41, 5.74) is 4.13. The van der Waals surface area contributed by atoms with Crippen LogP contribution in [0.5, 0.6) is 0 Å². The first-order chi connectivity index (χ1) is 14.5. The van der Waals surface area contributed by atoms with Gasteiger partial charge in [0.1, 0.15) is 24.1 Å². The van der Waals surface area contributed by atoms with Crippen molar-refractivity contribution >= 4 is 29.8 Å². The maximum Gasteiger partial charge on any atom is 0.414 e. The highest BCUT2D eigenvalue weighted by Gasteiger charge is 2.32. The van der Waals surface area contributed by atoms with Gasteiger partial charge in [-0.25, -0.2) is 14.2 Å². The zero-order valence-electron chi connectivity index (χ0n) is 16.7. The second-order valence-electron chi connectivity index (χ2n) is 6.56. The maximum atomic E-state index is 14.7. The average molecular weight is 414 g/mol. The minimum Gasteiger partial charge on any atom is -0.442 e. The fourth-order valence-electron chi connectivity index (χ4n) is 2.88. The van der Waals surface area contributed by atoms with E-state index in [0.717, 1.165) is 0 Å². The lowest BCUT2D eigenvalue weighted by Gasteiger charge is -2.14. The molecule has 2 amide bonds. The van der Waals surface area contributed by atoms with E-state index in [0.29, 0.717) is 29.2 Å². The number of cyclic esters (lactones) is 1. The van der Waals surface area contributed by atoms with E-state index in [2.05, 4.69) is 26.1 Å². The monoisotopic (exact) mass is 414 g/mol. The van der Waals surface area contributed by atoms with Crippen LogP contribution in [0, 0.1) is 5.82 Å². The van der Waals surface area contributed by atoms with Gasteiger partial charge in [-0.15, -0.1) is 0 Å². The van der Waals surface area contributed by atoms with Crippen LogP contribution >= 0.6 is 0 Å². The molecule has 1 fully saturated rings. The number of nitrogens with one attached hydrogen (secondary N) is 3. The Morgan fingerprint density at radius 3 is 2.90 bits per heavy atom. The zero-order valence-corrected chi connectivity index (χ0v) is 16.7. The fraction of sp³-hybridized carbons (Fsp3) is 0.300. The van der Waals surface area contributed by atoms with Gasteiger partial charge in [-0.1, -0.05) is 0 Å². The molecule has 2 heterocycles. The van der Waals surface area contributed by atoms with Crippen molar-refractivity contribution in [3.8, 4) is 11.1 Å². The largest absolute Gasteiger partial charge is 0.442 e. The summed E-state index contributed by atoms with van der Waals surface area (Å²) in [6, 6.07) is 7.98. The van der Waals surface area contributed by atoms with Crippen LogP contribution in [0.2, 0.25) is 0 Å². The molecule has 1 aliphatic rings. The molecule has 2 aromatic rings. The molecule has 0 radical (unpaired) electrons. The minimum absolute atomic E-state index is 0.209. The summed E-state index contributed by atoms with van der Waals surface area (Å²) in [5.74, 6) is -0.121. The van der Waals surface area contributed by atoms with Gasteiger partial charge in [0, 0.05) is 30.8 Å². The van der Waals surface area contributed by atoms with Crippen molar-refractivity contribution in [1.29, 1.82) is 0 Å². The van der Waals surface area contributed by atoms with E-state index in [4.69, 9.17) is 4.74 Å². The number of hydrogen-bond acceptors (Lipinski definition) is 6. The van der Waals surface area contributed by atoms with Gasteiger partial charge in [0.15, 0.2) is 0 Å². The van der Waals surface area contributed by atoms with Crippen LogP contribution in [-0.4, -0.2) is 49.1 Å². The number of hydrazone groups is 1. The van der Waals surface area contributed by atoms with Crippen LogP contribution in [0.1, 0.15) is 13.8 Å². The third-order valence-electron chi connectivity index (χ3n) is 4.32. The standard InChI is InChI=1S/C20H23FN6O3/c1-3-25-26-12-24-19-7-4-14(9-23-19)17-6-5-15(8-18(17)21)27-11-16(30-20(27)29)10-22-13(2)28/h4-9,12,16,25H,3,10-11H2,1-2H3,(H,22,28)(H,23,24,26)/t16-/m0/s1. The number of carbonyl (C=O) groups is 2. The molecule has 1 aliphatic heterocycles. The Bertz CT molecular complexity index is 935. The number of ether oxygens (including phenoxy) is 1. The van der Waals surface area contributed by atoms with Crippen LogP contribution in [-0.2, 0) is 9.53 Å². The normalized spacial score (nSPS) is 15.9. The number of hydrogen-bond donors (Lipinski definition) is 3. The summed E-state index contributed by atoms with van der Waals surface area (Å²) in [7, 11) is 0. The average Bonchev–Trinajstić information content (AvgIpc) is 3.11. The molecule has 3 rings (SSSR count). The van der Waals surface area contributed by atoms with Gasteiger partial charge in [0.05, 0.1) is 18.8 Å². The van der Waals surface area contributed by atoms with Crippen molar-refractivity contribution in [2.45, 2.75) is 20.0 Å². The summed E-state index contributed by atoms with van der Waals surface area (Å²) in [5, 5.41) is 9.42. The van der Waals surface area contributed by atoms with Crippen LogP contribution in [0.3, 0.4) is 0 Å². The number of anilines is 2. The molecular weight excluding hydrogens is 391 g/mol. The van der Waals surface area contributed by atoms with E-state index in [9.17, 15) is 14.0 Å². The lowest BCUT2D eigenvalue weighted by atomic mass is 10.1. The lowest BCUT2D eigenvalue weighted by Crippen LogP contribution is -2.33. The zero-order chi connectivity index (χ0) is 21.5. The Balaban J connectivity index is 1.68. The van der Waals surface area contributed by atoms with Crippen molar-refractivity contribution in [3.05, 3.63) is 42.3 Å². The highest BCUT2D eigenvalue weighted by molar-refractivity contribution is 5.90. The smallest absolute Gasteiger partial charge is 0.414 e. The first-order valence-corrected chi connectivity index (χ1v) is 9.47. The molecular formula is C20H23FN6O3. The number of benzene rings is 1. The molecule has 1 atom stereocenters. The Kier molecular flexibility index (Phi) is 6.79. The Morgan fingerprint density at radius 1 is 1.40 bits per heavy atom. The maximum absolute atomic E-state index is 14.7. The third-order valence-corrected chi connectivity index (χ3v) is 4.32. The van der Waals surface area contributed by atoms with E-state index in [-0.39, 0.29) is 19.0 Å². The van der Waals surface area contributed by atoms with Gasteiger partial charge >= 0.3 is 6.09 Å². The second-order valence-corrected chi connectivity index (χ2v) is 6.56. The predicted octanol–water partition coefficient (Wildman–Crippen LogP) is 2.31. The molecule has 3 N–H and O–H groups in total. The van der Waals surface area contributed by atoms with Crippen LogP contribution < -0.4 is 21.0 Å². The number of halogens is 1. The van der Waals surface area contributed by atoms with Gasteiger partial charge in [-0.05, 0) is 37.3 Å². The van der Waals surface area contributed by atoms with E-state index < -0.39 is 18.0 Å². The SMILES string of the molecule is CCN/N=C\Nc1ccc(-c2ccc(N3C[C@H](CNC(C)=O)OC3=O)cc2F)cn1. The first kappa shape index (κ1) is 21.0. The number of amides is 2. The van der Waals surface area contributed by atoms with Gasteiger partial charge < -0.3 is 20.8 Å². The number of pyridine rings is 1. The van der Waals surface area contributed by atoms with Crippen molar-refractivity contribution < 1.29 is 18.7 Å². The summed E-state index contributed by atoms with van der Waals surface area (Å²) in [6.45, 7) is 4.47. The number of nitrogens with zero attached hydrogens (tertiary/aromatic N) is 3. The second kappa shape index (κ2) is 9.68. The summed E-state index contributed by atoms with van der Waals surface area (Å²) in [4.78, 5) is 28.7. The molecule has 1 aromatic carbocycles. The Labute approximate surface area is 173 Å². The van der Waals surface area contributed by atoms with Crippen LogP contribution in [0.15, 0.2) is 41.6 Å². The Hall–Kier alpha value is -3.69. The fourth-order valence-corrected chi connectivity index (χ4v) is 2.88.